The van der Waals surface area contributed by atoms with Crippen LogP contribution in [0.15, 0.2) is 0 Å². The molecule has 1 fully saturated rings. The highest BCUT2D eigenvalue weighted by atomic mass is 15.3. The van der Waals surface area contributed by atoms with E-state index in [1.54, 1.807) is 0 Å². The molecule has 0 aromatic rings. The number of piperazine rings is 1. The molecule has 0 amide bonds. The normalized spacial score (nSPS) is 20.5. The minimum Gasteiger partial charge on any atom is -0.316 e. The van der Waals surface area contributed by atoms with Crippen molar-refractivity contribution in [2.45, 2.75) is 25.8 Å². The van der Waals surface area contributed by atoms with Crippen LogP contribution in [0.2, 0.25) is 0 Å². The molecule has 1 atom stereocenters. The molecule has 1 N–H and O–H groups in total. The molecule has 0 bridgehead atoms. The summed E-state index contributed by atoms with van der Waals surface area (Å²) in [5.41, 5.74) is 0. The molecule has 4 heteroatoms. The fourth-order valence-corrected chi connectivity index (χ4v) is 2.52. The van der Waals surface area contributed by atoms with Gasteiger partial charge >= 0.3 is 0 Å². The van der Waals surface area contributed by atoms with Crippen molar-refractivity contribution in [1.82, 2.24) is 20.0 Å². The number of hydrogen-bond acceptors (Lipinski definition) is 4. The summed E-state index contributed by atoms with van der Waals surface area (Å²) >= 11 is 0. The van der Waals surface area contributed by atoms with Gasteiger partial charge in [-0.2, -0.15) is 0 Å². The summed E-state index contributed by atoms with van der Waals surface area (Å²) in [5, 5.41) is 3.44. The number of hydrogen-bond donors (Lipinski definition) is 1. The zero-order chi connectivity index (χ0) is 13.4. The number of nitrogens with zero attached hydrogens (tertiary/aromatic N) is 3. The molecule has 0 aromatic carbocycles. The van der Waals surface area contributed by atoms with Gasteiger partial charge in [-0.1, -0.05) is 13.3 Å². The molecule has 108 valence electrons. The van der Waals surface area contributed by atoms with Gasteiger partial charge in [0.25, 0.3) is 0 Å². The third kappa shape index (κ3) is 6.14. The quantitative estimate of drug-likeness (QED) is 0.685. The van der Waals surface area contributed by atoms with Crippen LogP contribution < -0.4 is 5.32 Å². The molecule has 1 aliphatic heterocycles. The first-order valence-corrected chi connectivity index (χ1v) is 7.42. The Balaban J connectivity index is 2.18. The first kappa shape index (κ1) is 15.9. The molecule has 0 radical (unpaired) electrons. The van der Waals surface area contributed by atoms with Crippen LogP contribution in [0.4, 0.5) is 0 Å². The van der Waals surface area contributed by atoms with E-state index in [1.165, 1.54) is 58.7 Å². The monoisotopic (exact) mass is 256 g/mol. The zero-order valence-electron chi connectivity index (χ0n) is 12.8. The highest BCUT2D eigenvalue weighted by Crippen LogP contribution is 2.05. The lowest BCUT2D eigenvalue weighted by atomic mass is 10.1. The first-order valence-electron chi connectivity index (χ1n) is 7.42. The molecule has 0 spiro atoms. The van der Waals surface area contributed by atoms with Crippen molar-refractivity contribution in [3.8, 4) is 0 Å². The summed E-state index contributed by atoms with van der Waals surface area (Å²) in [4.78, 5) is 7.47. The van der Waals surface area contributed by atoms with Gasteiger partial charge in [0.2, 0.25) is 0 Å². The predicted octanol–water partition coefficient (Wildman–Crippen LogP) is 0.554. The van der Waals surface area contributed by atoms with Gasteiger partial charge in [-0.25, -0.2) is 0 Å². The molecule has 0 saturated carbocycles. The van der Waals surface area contributed by atoms with Crippen molar-refractivity contribution in [1.29, 1.82) is 0 Å². The molecule has 4 nitrogen and oxygen atoms in total. The number of likely N-dealkylation sites (N-methyl/N-ethyl adjacent to an activating group) is 2. The van der Waals surface area contributed by atoms with Gasteiger partial charge < -0.3 is 10.2 Å². The van der Waals surface area contributed by atoms with Crippen molar-refractivity contribution in [2.75, 3.05) is 67.0 Å². The van der Waals surface area contributed by atoms with Gasteiger partial charge in [0.15, 0.2) is 0 Å². The third-order valence-electron chi connectivity index (χ3n) is 3.85. The largest absolute Gasteiger partial charge is 0.316 e. The maximum Gasteiger partial charge on any atom is 0.0191 e. The van der Waals surface area contributed by atoms with Gasteiger partial charge in [-0.3, -0.25) is 9.80 Å². The van der Waals surface area contributed by atoms with E-state index >= 15 is 0 Å². The molecule has 1 rings (SSSR count). The van der Waals surface area contributed by atoms with Gasteiger partial charge in [-0.05, 0) is 27.6 Å². The zero-order valence-corrected chi connectivity index (χ0v) is 12.8. The van der Waals surface area contributed by atoms with Crippen LogP contribution >= 0.6 is 0 Å². The van der Waals surface area contributed by atoms with E-state index in [2.05, 4.69) is 48.1 Å². The lowest BCUT2D eigenvalue weighted by Crippen LogP contribution is -2.51. The predicted molar refractivity (Wildman–Crippen MR) is 79.2 cm³/mol. The van der Waals surface area contributed by atoms with Gasteiger partial charge in [0.05, 0.1) is 0 Å². The van der Waals surface area contributed by atoms with E-state index in [-0.39, 0.29) is 0 Å². The fourth-order valence-electron chi connectivity index (χ4n) is 2.52. The van der Waals surface area contributed by atoms with Crippen molar-refractivity contribution in [3.63, 3.8) is 0 Å². The molecule has 1 saturated heterocycles. The molecule has 1 aliphatic rings. The Labute approximate surface area is 113 Å². The minimum absolute atomic E-state index is 0.670. The molecule has 1 heterocycles. The maximum atomic E-state index is 3.44. The Kier molecular flexibility index (Phi) is 7.82. The van der Waals surface area contributed by atoms with Crippen molar-refractivity contribution in [3.05, 3.63) is 0 Å². The van der Waals surface area contributed by atoms with Crippen molar-refractivity contribution in [2.24, 2.45) is 0 Å². The second kappa shape index (κ2) is 8.86. The van der Waals surface area contributed by atoms with Crippen LogP contribution in [0, 0.1) is 0 Å². The standard InChI is InChI=1S/C14H32N4/c1-5-6-14(15-2)13-18-11-9-17(10-12-18)8-7-16(3)4/h14-15H,5-13H2,1-4H3. The van der Waals surface area contributed by atoms with Gasteiger partial charge in [-0.15, -0.1) is 0 Å². The number of nitrogens with one attached hydrogen (secondary N) is 1. The van der Waals surface area contributed by atoms with E-state index in [0.29, 0.717) is 6.04 Å². The van der Waals surface area contributed by atoms with E-state index in [4.69, 9.17) is 0 Å². The topological polar surface area (TPSA) is 21.8 Å². The Morgan fingerprint density at radius 3 is 2.22 bits per heavy atom. The highest BCUT2D eigenvalue weighted by molar-refractivity contribution is 4.76. The molecule has 1 unspecified atom stereocenters. The highest BCUT2D eigenvalue weighted by Gasteiger charge is 2.18. The smallest absolute Gasteiger partial charge is 0.0191 e. The van der Waals surface area contributed by atoms with E-state index in [9.17, 15) is 0 Å². The van der Waals surface area contributed by atoms with Crippen molar-refractivity contribution < 1.29 is 0 Å². The third-order valence-corrected chi connectivity index (χ3v) is 3.85. The Morgan fingerprint density at radius 1 is 1.11 bits per heavy atom. The molecule has 0 aliphatic carbocycles. The average molecular weight is 256 g/mol. The molecule has 18 heavy (non-hydrogen) atoms. The lowest BCUT2D eigenvalue weighted by Gasteiger charge is -2.36. The second-order valence-electron chi connectivity index (χ2n) is 5.72. The van der Waals surface area contributed by atoms with E-state index < -0.39 is 0 Å². The van der Waals surface area contributed by atoms with E-state index in [1.807, 2.05) is 0 Å². The second-order valence-corrected chi connectivity index (χ2v) is 5.72. The Bertz CT molecular complexity index is 200. The summed E-state index contributed by atoms with van der Waals surface area (Å²) in [5.74, 6) is 0. The fraction of sp³-hybridized carbons (Fsp3) is 1.00. The minimum atomic E-state index is 0.670. The van der Waals surface area contributed by atoms with Crippen LogP contribution in [0.25, 0.3) is 0 Å². The van der Waals surface area contributed by atoms with Gasteiger partial charge in [0.1, 0.15) is 0 Å². The van der Waals surface area contributed by atoms with Crippen molar-refractivity contribution >= 4 is 0 Å². The summed E-state index contributed by atoms with van der Waals surface area (Å²) in [7, 11) is 6.39. The van der Waals surface area contributed by atoms with E-state index in [0.717, 1.165) is 0 Å². The summed E-state index contributed by atoms with van der Waals surface area (Å²) in [6, 6.07) is 0.670. The summed E-state index contributed by atoms with van der Waals surface area (Å²) in [6.07, 6.45) is 2.56. The average Bonchev–Trinajstić information content (AvgIpc) is 2.37. The van der Waals surface area contributed by atoms with Crippen LogP contribution in [0.1, 0.15) is 19.8 Å². The summed E-state index contributed by atoms with van der Waals surface area (Å²) in [6.45, 7) is 10.8. The SMILES string of the molecule is CCCC(CN1CCN(CCN(C)C)CC1)NC. The maximum absolute atomic E-state index is 3.44. The van der Waals surface area contributed by atoms with Crippen LogP contribution in [0.3, 0.4) is 0 Å². The molecule has 0 aromatic heterocycles. The van der Waals surface area contributed by atoms with Gasteiger partial charge in [0, 0.05) is 51.9 Å². The molecular formula is C14H32N4. The number of rotatable bonds is 8. The lowest BCUT2D eigenvalue weighted by molar-refractivity contribution is 0.116. The first-order chi connectivity index (χ1) is 8.65. The van der Waals surface area contributed by atoms with Crippen LogP contribution in [-0.2, 0) is 0 Å². The Morgan fingerprint density at radius 2 is 1.72 bits per heavy atom. The summed E-state index contributed by atoms with van der Waals surface area (Å²) < 4.78 is 0. The van der Waals surface area contributed by atoms with Crippen LogP contribution in [-0.4, -0.2) is 87.7 Å². The van der Waals surface area contributed by atoms with Crippen LogP contribution in [0.5, 0.6) is 0 Å². The Hall–Kier alpha value is -0.160. The molecular weight excluding hydrogens is 224 g/mol.